The third-order valence-electron chi connectivity index (χ3n) is 1.87. The fourth-order valence-corrected chi connectivity index (χ4v) is 1.06. The molecule has 1 amide bonds. The first-order chi connectivity index (χ1) is 7.18. The second-order valence-electron chi connectivity index (χ2n) is 3.66. The number of hydrogen-bond acceptors (Lipinski definition) is 2. The molecule has 0 aliphatic heterocycles. The van der Waals surface area contributed by atoms with Crippen molar-refractivity contribution in [2.75, 3.05) is 6.54 Å². The van der Waals surface area contributed by atoms with Crippen LogP contribution in [0.4, 0.5) is 0 Å². The summed E-state index contributed by atoms with van der Waals surface area (Å²) in [5, 5.41) is 5.78. The van der Waals surface area contributed by atoms with Crippen molar-refractivity contribution in [2.45, 2.75) is 19.9 Å². The first kappa shape index (κ1) is 11.7. The smallest absolute Gasteiger partial charge is 0.234 e. The molecule has 15 heavy (non-hydrogen) atoms. The highest BCUT2D eigenvalue weighted by atomic mass is 16.1. The summed E-state index contributed by atoms with van der Waals surface area (Å²) in [6.07, 6.45) is 0. The van der Waals surface area contributed by atoms with Gasteiger partial charge in [0.2, 0.25) is 5.91 Å². The lowest BCUT2D eigenvalue weighted by Crippen LogP contribution is -2.35. The summed E-state index contributed by atoms with van der Waals surface area (Å²) in [6.45, 7) is 6.08. The van der Waals surface area contributed by atoms with Gasteiger partial charge in [0, 0.05) is 6.04 Å². The highest BCUT2D eigenvalue weighted by Crippen LogP contribution is 1.98. The van der Waals surface area contributed by atoms with Gasteiger partial charge in [0.15, 0.2) is 0 Å². The van der Waals surface area contributed by atoms with Crippen LogP contribution in [-0.4, -0.2) is 18.5 Å². The predicted octanol–water partition coefficient (Wildman–Crippen LogP) is 1.31. The minimum atomic E-state index is -0.0208. The molecular weight excluding hydrogens is 188 g/mol. The minimum absolute atomic E-state index is 0.0208. The number of hydrogen-bond donors (Lipinski definition) is 2. The molecule has 0 aliphatic rings. The van der Waals surface area contributed by atoms with Gasteiger partial charge in [-0.25, -0.2) is 0 Å². The zero-order chi connectivity index (χ0) is 11.1. The van der Waals surface area contributed by atoms with Crippen molar-refractivity contribution in [3.8, 4) is 0 Å². The van der Waals surface area contributed by atoms with Crippen molar-refractivity contribution < 1.29 is 4.79 Å². The molecule has 0 fully saturated rings. The lowest BCUT2D eigenvalue weighted by molar-refractivity contribution is -0.119. The summed E-state index contributed by atoms with van der Waals surface area (Å²) >= 11 is 0. The van der Waals surface area contributed by atoms with Gasteiger partial charge in [0.25, 0.3) is 0 Å². The maximum Gasteiger partial charge on any atom is 0.234 e. The van der Waals surface area contributed by atoms with Crippen LogP contribution in [0.2, 0.25) is 0 Å². The van der Waals surface area contributed by atoms with Crippen LogP contribution in [0.3, 0.4) is 0 Å². The lowest BCUT2D eigenvalue weighted by atomic mass is 10.2. The number of rotatable bonds is 5. The van der Waals surface area contributed by atoms with Crippen LogP contribution in [0.25, 0.3) is 0 Å². The Morgan fingerprint density at radius 1 is 1.33 bits per heavy atom. The van der Waals surface area contributed by atoms with E-state index >= 15 is 0 Å². The number of amides is 1. The molecule has 1 aromatic carbocycles. The van der Waals surface area contributed by atoms with Crippen LogP contribution in [0.1, 0.15) is 19.4 Å². The van der Waals surface area contributed by atoms with Crippen LogP contribution in [-0.2, 0) is 4.79 Å². The molecule has 1 radical (unpaired) electrons. The van der Waals surface area contributed by atoms with Crippen molar-refractivity contribution in [3.05, 3.63) is 42.4 Å². The van der Waals surface area contributed by atoms with Gasteiger partial charge in [-0.05, 0) is 5.56 Å². The van der Waals surface area contributed by atoms with Gasteiger partial charge in [0.05, 0.1) is 13.1 Å². The Bertz CT molecular complexity index is 296. The lowest BCUT2D eigenvalue weighted by Gasteiger charge is -2.08. The summed E-state index contributed by atoms with van der Waals surface area (Å²) in [7, 11) is 0. The topological polar surface area (TPSA) is 41.1 Å². The van der Waals surface area contributed by atoms with E-state index in [1.54, 1.807) is 6.54 Å². The van der Waals surface area contributed by atoms with Gasteiger partial charge in [-0.15, -0.1) is 0 Å². The largest absolute Gasteiger partial charge is 0.346 e. The van der Waals surface area contributed by atoms with Crippen LogP contribution < -0.4 is 10.6 Å². The average Bonchev–Trinajstić information content (AvgIpc) is 2.25. The standard InChI is InChI=1S/C12H17N2O/c1-10(2)13-9-12(15)14-8-11-6-4-3-5-7-11/h3-8,10,13H,9H2,1-2H3,(H,14,15). The average molecular weight is 205 g/mol. The predicted molar refractivity (Wildman–Crippen MR) is 61.1 cm³/mol. The Hall–Kier alpha value is -1.35. The highest BCUT2D eigenvalue weighted by molar-refractivity contribution is 5.79. The fourth-order valence-electron chi connectivity index (χ4n) is 1.06. The zero-order valence-electron chi connectivity index (χ0n) is 9.16. The molecule has 3 nitrogen and oxygen atoms in total. The van der Waals surface area contributed by atoms with E-state index < -0.39 is 0 Å². The highest BCUT2D eigenvalue weighted by Gasteiger charge is 2.01. The van der Waals surface area contributed by atoms with Crippen molar-refractivity contribution >= 4 is 5.91 Å². The molecule has 0 unspecified atom stereocenters. The summed E-state index contributed by atoms with van der Waals surface area (Å²) < 4.78 is 0. The van der Waals surface area contributed by atoms with Crippen LogP contribution in [0, 0.1) is 6.54 Å². The van der Waals surface area contributed by atoms with Gasteiger partial charge in [-0.3, -0.25) is 4.79 Å². The van der Waals surface area contributed by atoms with Gasteiger partial charge >= 0.3 is 0 Å². The second kappa shape index (κ2) is 6.19. The van der Waals surface area contributed by atoms with E-state index in [2.05, 4.69) is 10.6 Å². The summed E-state index contributed by atoms with van der Waals surface area (Å²) in [6, 6.07) is 10.0. The first-order valence-corrected chi connectivity index (χ1v) is 5.09. The monoisotopic (exact) mass is 205 g/mol. The van der Waals surface area contributed by atoms with E-state index in [1.807, 2.05) is 44.2 Å². The normalized spacial score (nSPS) is 10.3. The Kier molecular flexibility index (Phi) is 4.84. The summed E-state index contributed by atoms with van der Waals surface area (Å²) in [5.74, 6) is -0.0208. The van der Waals surface area contributed by atoms with E-state index in [9.17, 15) is 4.79 Å². The van der Waals surface area contributed by atoms with Crippen molar-refractivity contribution in [3.63, 3.8) is 0 Å². The van der Waals surface area contributed by atoms with Crippen LogP contribution >= 0.6 is 0 Å². The second-order valence-corrected chi connectivity index (χ2v) is 3.66. The third-order valence-corrected chi connectivity index (χ3v) is 1.87. The maximum absolute atomic E-state index is 11.3. The van der Waals surface area contributed by atoms with E-state index in [-0.39, 0.29) is 5.91 Å². The molecule has 81 valence electrons. The Morgan fingerprint density at radius 2 is 2.00 bits per heavy atom. The SMILES string of the molecule is CC(C)NCC(=O)N[CH]c1ccccc1. The van der Waals surface area contributed by atoms with Gasteiger partial charge in [-0.2, -0.15) is 0 Å². The molecule has 0 saturated heterocycles. The fraction of sp³-hybridized carbons (Fsp3) is 0.333. The molecular formula is C12H17N2O. The number of benzene rings is 1. The van der Waals surface area contributed by atoms with Crippen molar-refractivity contribution in [1.82, 2.24) is 10.6 Å². The molecule has 0 bridgehead atoms. The zero-order valence-corrected chi connectivity index (χ0v) is 9.16. The van der Waals surface area contributed by atoms with E-state index in [0.29, 0.717) is 12.6 Å². The summed E-state index contributed by atoms with van der Waals surface area (Å²) in [5.41, 5.74) is 0.996. The molecule has 1 aromatic rings. The quantitative estimate of drug-likeness (QED) is 0.761. The van der Waals surface area contributed by atoms with E-state index in [0.717, 1.165) is 5.56 Å². The molecule has 0 saturated carbocycles. The molecule has 2 N–H and O–H groups in total. The molecule has 1 rings (SSSR count). The van der Waals surface area contributed by atoms with Crippen LogP contribution in [0.5, 0.6) is 0 Å². The van der Waals surface area contributed by atoms with Crippen molar-refractivity contribution in [2.24, 2.45) is 0 Å². The van der Waals surface area contributed by atoms with E-state index in [1.165, 1.54) is 0 Å². The van der Waals surface area contributed by atoms with E-state index in [4.69, 9.17) is 0 Å². The van der Waals surface area contributed by atoms with Gasteiger partial charge < -0.3 is 10.6 Å². The maximum atomic E-state index is 11.3. The molecule has 0 heterocycles. The molecule has 0 aromatic heterocycles. The first-order valence-electron chi connectivity index (χ1n) is 5.09. The number of carbonyl (C=O) groups excluding carboxylic acids is 1. The summed E-state index contributed by atoms with van der Waals surface area (Å²) in [4.78, 5) is 11.3. The number of nitrogens with one attached hydrogen (secondary N) is 2. The molecule has 3 heteroatoms. The Balaban J connectivity index is 2.23. The molecule has 0 atom stereocenters. The molecule has 0 aliphatic carbocycles. The van der Waals surface area contributed by atoms with Gasteiger partial charge in [0.1, 0.15) is 0 Å². The van der Waals surface area contributed by atoms with Crippen LogP contribution in [0.15, 0.2) is 30.3 Å². The Labute approximate surface area is 90.9 Å². The Morgan fingerprint density at radius 3 is 2.60 bits per heavy atom. The van der Waals surface area contributed by atoms with Crippen molar-refractivity contribution in [1.29, 1.82) is 0 Å². The minimum Gasteiger partial charge on any atom is -0.346 e. The number of carbonyl (C=O) groups is 1. The molecule has 0 spiro atoms. The third kappa shape index (κ3) is 5.18. The van der Waals surface area contributed by atoms with Gasteiger partial charge in [-0.1, -0.05) is 44.2 Å².